The van der Waals surface area contributed by atoms with E-state index in [1.165, 1.54) is 11.3 Å². The van der Waals surface area contributed by atoms with Gasteiger partial charge < -0.3 is 9.80 Å². The second-order valence-corrected chi connectivity index (χ2v) is 8.67. The molecule has 2 saturated heterocycles. The predicted molar refractivity (Wildman–Crippen MR) is 103 cm³/mol. The van der Waals surface area contributed by atoms with E-state index < -0.39 is 5.41 Å². The summed E-state index contributed by atoms with van der Waals surface area (Å²) in [5.74, 6) is 0.114. The van der Waals surface area contributed by atoms with Crippen LogP contribution in [0.1, 0.15) is 46.1 Å². The van der Waals surface area contributed by atoms with E-state index in [0.717, 1.165) is 42.2 Å². The van der Waals surface area contributed by atoms with E-state index in [2.05, 4.69) is 9.97 Å². The fraction of sp³-hybridized carbons (Fsp3) is 0.500. The molecule has 27 heavy (non-hydrogen) atoms. The number of pyridine rings is 1. The second-order valence-electron chi connectivity index (χ2n) is 7.61. The molecule has 7 heteroatoms. The van der Waals surface area contributed by atoms with Crippen LogP contribution in [0.25, 0.3) is 0 Å². The zero-order chi connectivity index (χ0) is 19.0. The minimum absolute atomic E-state index is 0.0509. The third kappa shape index (κ3) is 3.48. The van der Waals surface area contributed by atoms with Gasteiger partial charge in [0.2, 0.25) is 5.91 Å². The molecule has 2 amide bonds. The van der Waals surface area contributed by atoms with E-state index in [1.807, 2.05) is 47.2 Å². The number of carbonyl (C=O) groups excluding carboxylic acids is 2. The van der Waals surface area contributed by atoms with Gasteiger partial charge in [-0.3, -0.25) is 14.6 Å². The number of amides is 2. The number of rotatable bonds is 3. The fourth-order valence-corrected chi connectivity index (χ4v) is 4.82. The summed E-state index contributed by atoms with van der Waals surface area (Å²) >= 11 is 1.48. The third-order valence-corrected chi connectivity index (χ3v) is 6.38. The summed E-state index contributed by atoms with van der Waals surface area (Å²) in [6.45, 7) is 6.33. The maximum absolute atomic E-state index is 13.2. The number of aromatic nitrogens is 2. The zero-order valence-electron chi connectivity index (χ0n) is 15.8. The smallest absolute Gasteiger partial charge is 0.273 e. The molecule has 0 N–H and O–H groups in total. The van der Waals surface area contributed by atoms with Crippen LogP contribution in [0.15, 0.2) is 23.6 Å². The highest BCUT2D eigenvalue weighted by Crippen LogP contribution is 2.41. The number of nitrogens with zero attached hydrogens (tertiary/aromatic N) is 4. The van der Waals surface area contributed by atoms with Gasteiger partial charge in [-0.25, -0.2) is 4.98 Å². The van der Waals surface area contributed by atoms with Gasteiger partial charge in [-0.1, -0.05) is 6.07 Å². The number of aryl methyl sites for hydroxylation is 2. The molecule has 0 bridgehead atoms. The van der Waals surface area contributed by atoms with Crippen LogP contribution < -0.4 is 0 Å². The molecular formula is C20H24N4O2S. The Morgan fingerprint density at radius 2 is 2.07 bits per heavy atom. The molecule has 1 unspecified atom stereocenters. The minimum atomic E-state index is -0.442. The van der Waals surface area contributed by atoms with E-state index in [4.69, 9.17) is 0 Å². The lowest BCUT2D eigenvalue weighted by Gasteiger charge is -2.38. The normalized spacial score (nSPS) is 22.7. The number of thiazole rings is 1. The van der Waals surface area contributed by atoms with Crippen molar-refractivity contribution in [1.29, 1.82) is 0 Å². The Balaban J connectivity index is 1.48. The Hall–Kier alpha value is -2.28. The summed E-state index contributed by atoms with van der Waals surface area (Å²) in [5.41, 5.74) is 1.94. The molecule has 2 fully saturated rings. The number of likely N-dealkylation sites (tertiary alicyclic amines) is 2. The molecule has 4 heterocycles. The molecule has 0 radical (unpaired) electrons. The van der Waals surface area contributed by atoms with Crippen molar-refractivity contribution in [2.45, 2.75) is 39.7 Å². The number of carbonyl (C=O) groups is 2. The van der Waals surface area contributed by atoms with Crippen LogP contribution in [-0.2, 0) is 11.3 Å². The molecular weight excluding hydrogens is 360 g/mol. The van der Waals surface area contributed by atoms with Gasteiger partial charge in [-0.15, -0.1) is 11.3 Å². The van der Waals surface area contributed by atoms with Crippen LogP contribution in [0.2, 0.25) is 0 Å². The second kappa shape index (κ2) is 7.03. The largest absolute Gasteiger partial charge is 0.336 e. The minimum Gasteiger partial charge on any atom is -0.336 e. The van der Waals surface area contributed by atoms with Crippen molar-refractivity contribution >= 4 is 23.2 Å². The first-order valence-electron chi connectivity index (χ1n) is 9.40. The molecule has 0 aliphatic carbocycles. The van der Waals surface area contributed by atoms with Crippen LogP contribution in [0.3, 0.4) is 0 Å². The number of piperidine rings is 1. The molecule has 2 aliphatic heterocycles. The van der Waals surface area contributed by atoms with Crippen molar-refractivity contribution in [3.8, 4) is 0 Å². The first-order chi connectivity index (χ1) is 13.0. The van der Waals surface area contributed by atoms with Gasteiger partial charge in [0.1, 0.15) is 5.69 Å². The summed E-state index contributed by atoms with van der Waals surface area (Å²) in [5, 5.41) is 2.70. The Kier molecular flexibility index (Phi) is 4.72. The van der Waals surface area contributed by atoms with Gasteiger partial charge in [-0.05, 0) is 45.2 Å². The molecule has 2 aromatic rings. The summed E-state index contributed by atoms with van der Waals surface area (Å²) < 4.78 is 0. The SMILES string of the molecule is Cc1cccc(CN2CCC3(CCCN(C(=O)c4csc(C)n4)C3)C2=O)n1. The maximum Gasteiger partial charge on any atom is 0.273 e. The third-order valence-electron chi connectivity index (χ3n) is 5.60. The van der Waals surface area contributed by atoms with E-state index >= 15 is 0 Å². The zero-order valence-corrected chi connectivity index (χ0v) is 16.6. The topological polar surface area (TPSA) is 66.4 Å². The summed E-state index contributed by atoms with van der Waals surface area (Å²) in [7, 11) is 0. The molecule has 0 saturated carbocycles. The summed E-state index contributed by atoms with van der Waals surface area (Å²) in [6, 6.07) is 5.90. The highest BCUT2D eigenvalue weighted by Gasteiger charge is 2.49. The molecule has 6 nitrogen and oxygen atoms in total. The first kappa shape index (κ1) is 18.1. The van der Waals surface area contributed by atoms with Gasteiger partial charge >= 0.3 is 0 Å². The molecule has 1 atom stereocenters. The molecule has 2 aromatic heterocycles. The molecule has 1 spiro atoms. The average Bonchev–Trinajstić information content (AvgIpc) is 3.21. The Bertz CT molecular complexity index is 880. The van der Waals surface area contributed by atoms with Crippen molar-refractivity contribution in [2.75, 3.05) is 19.6 Å². The first-order valence-corrected chi connectivity index (χ1v) is 10.3. The van der Waals surface area contributed by atoms with Gasteiger partial charge in [0.25, 0.3) is 5.91 Å². The van der Waals surface area contributed by atoms with Gasteiger partial charge in [-0.2, -0.15) is 0 Å². The van der Waals surface area contributed by atoms with Crippen LogP contribution in [0.5, 0.6) is 0 Å². The molecule has 142 valence electrons. The van der Waals surface area contributed by atoms with E-state index in [-0.39, 0.29) is 11.8 Å². The van der Waals surface area contributed by atoms with E-state index in [9.17, 15) is 9.59 Å². The lowest BCUT2D eigenvalue weighted by molar-refractivity contribution is -0.138. The fourth-order valence-electron chi connectivity index (χ4n) is 4.23. The Labute approximate surface area is 163 Å². The van der Waals surface area contributed by atoms with Crippen LogP contribution >= 0.6 is 11.3 Å². The highest BCUT2D eigenvalue weighted by atomic mass is 32.1. The van der Waals surface area contributed by atoms with Crippen molar-refractivity contribution in [2.24, 2.45) is 5.41 Å². The van der Waals surface area contributed by atoms with Crippen LogP contribution in [0.4, 0.5) is 0 Å². The Morgan fingerprint density at radius 1 is 1.22 bits per heavy atom. The van der Waals surface area contributed by atoms with Crippen molar-refractivity contribution < 1.29 is 9.59 Å². The number of hydrogen-bond acceptors (Lipinski definition) is 5. The summed E-state index contributed by atoms with van der Waals surface area (Å²) in [4.78, 5) is 38.6. The monoisotopic (exact) mass is 384 g/mol. The number of hydrogen-bond donors (Lipinski definition) is 0. The lowest BCUT2D eigenvalue weighted by atomic mass is 9.78. The maximum atomic E-state index is 13.2. The van der Waals surface area contributed by atoms with Crippen LogP contribution in [0, 0.1) is 19.3 Å². The standard InChI is InChI=1S/C20H24N4O2S/c1-14-5-3-6-16(21-14)11-23-10-8-20(19(23)26)7-4-9-24(13-20)18(25)17-12-27-15(2)22-17/h3,5-6,12H,4,7-11,13H2,1-2H3. The van der Waals surface area contributed by atoms with E-state index in [0.29, 0.717) is 25.3 Å². The van der Waals surface area contributed by atoms with E-state index in [1.54, 1.807) is 0 Å². The molecule has 4 rings (SSSR count). The average molecular weight is 385 g/mol. The molecule has 0 aromatic carbocycles. The van der Waals surface area contributed by atoms with Crippen molar-refractivity contribution in [3.63, 3.8) is 0 Å². The lowest BCUT2D eigenvalue weighted by Crippen LogP contribution is -2.49. The van der Waals surface area contributed by atoms with Crippen molar-refractivity contribution in [1.82, 2.24) is 19.8 Å². The van der Waals surface area contributed by atoms with Gasteiger partial charge in [0.05, 0.1) is 22.7 Å². The van der Waals surface area contributed by atoms with Gasteiger partial charge in [0.15, 0.2) is 0 Å². The highest BCUT2D eigenvalue weighted by molar-refractivity contribution is 7.09. The molecule has 2 aliphatic rings. The Morgan fingerprint density at radius 3 is 2.81 bits per heavy atom. The summed E-state index contributed by atoms with van der Waals surface area (Å²) in [6.07, 6.45) is 2.51. The quantitative estimate of drug-likeness (QED) is 0.816. The van der Waals surface area contributed by atoms with Gasteiger partial charge in [0, 0.05) is 30.7 Å². The van der Waals surface area contributed by atoms with Crippen molar-refractivity contribution in [3.05, 3.63) is 45.7 Å². The predicted octanol–water partition coefficient (Wildman–Crippen LogP) is 2.81. The van der Waals surface area contributed by atoms with Crippen LogP contribution in [-0.4, -0.2) is 51.2 Å².